The van der Waals surface area contributed by atoms with Crippen LogP contribution in [-0.4, -0.2) is 30.2 Å². The van der Waals surface area contributed by atoms with Gasteiger partial charge in [-0.1, -0.05) is 35.5 Å². The van der Waals surface area contributed by atoms with Crippen molar-refractivity contribution in [1.29, 1.82) is 0 Å². The Morgan fingerprint density at radius 2 is 1.79 bits per heavy atom. The molecule has 0 amide bonds. The monoisotopic (exact) mass is 501 g/mol. The number of hydrogen-bond donors (Lipinski definition) is 1. The highest BCUT2D eigenvalue weighted by molar-refractivity contribution is 7.99. The highest BCUT2D eigenvalue weighted by atomic mass is 35.5. The van der Waals surface area contributed by atoms with Crippen LogP contribution in [0, 0.1) is 5.82 Å². The molecule has 2 aromatic carbocycles. The number of anilines is 1. The Labute approximate surface area is 200 Å². The number of aromatic nitrogens is 4. The molecule has 9 nitrogen and oxygen atoms in total. The smallest absolute Gasteiger partial charge is 0.332 e. The van der Waals surface area contributed by atoms with E-state index in [9.17, 15) is 23.6 Å². The first-order chi connectivity index (χ1) is 16.1. The van der Waals surface area contributed by atoms with Crippen LogP contribution in [0.25, 0.3) is 16.6 Å². The number of carbonyl (C=O) groups is 1. The molecule has 0 saturated heterocycles. The minimum absolute atomic E-state index is 0.125. The van der Waals surface area contributed by atoms with Gasteiger partial charge >= 0.3 is 5.69 Å². The number of nitrogens with zero attached hydrogens (tertiary/aromatic N) is 4. The summed E-state index contributed by atoms with van der Waals surface area (Å²) in [7, 11) is 2.59. The molecule has 4 aromatic rings. The topological polar surface area (TPSA) is 122 Å². The number of nitrogens with two attached hydrogens (primary N) is 1. The van der Waals surface area contributed by atoms with Gasteiger partial charge in [-0.3, -0.25) is 28.1 Å². The van der Waals surface area contributed by atoms with Crippen molar-refractivity contribution in [2.24, 2.45) is 14.1 Å². The zero-order valence-corrected chi connectivity index (χ0v) is 19.5. The summed E-state index contributed by atoms with van der Waals surface area (Å²) in [5.74, 6) is -1.87. The van der Waals surface area contributed by atoms with Crippen molar-refractivity contribution >= 4 is 45.9 Å². The molecule has 2 aromatic heterocycles. The first-order valence-corrected chi connectivity index (χ1v) is 11.2. The molecule has 174 valence electrons. The summed E-state index contributed by atoms with van der Waals surface area (Å²) in [6, 6.07) is 10.4. The third-order valence-corrected chi connectivity index (χ3v) is 6.46. The highest BCUT2D eigenvalue weighted by Gasteiger charge is 2.22. The van der Waals surface area contributed by atoms with Crippen LogP contribution in [0.3, 0.4) is 0 Å². The van der Waals surface area contributed by atoms with Gasteiger partial charge in [0.2, 0.25) is 0 Å². The summed E-state index contributed by atoms with van der Waals surface area (Å²) < 4.78 is 16.7. The lowest BCUT2D eigenvalue weighted by atomic mass is 10.2. The second-order valence-corrected chi connectivity index (χ2v) is 8.68. The number of benzene rings is 2. The summed E-state index contributed by atoms with van der Waals surface area (Å²) >= 11 is 6.81. The number of nitrogen functional groups attached to an aromatic ring is 1. The van der Waals surface area contributed by atoms with E-state index in [-0.39, 0.29) is 33.0 Å². The van der Waals surface area contributed by atoms with E-state index in [4.69, 9.17) is 17.3 Å². The van der Waals surface area contributed by atoms with Crippen LogP contribution in [-0.2, 0) is 14.1 Å². The molecule has 0 aliphatic heterocycles. The van der Waals surface area contributed by atoms with Gasteiger partial charge in [0.1, 0.15) is 17.2 Å². The van der Waals surface area contributed by atoms with Gasteiger partial charge in [0.05, 0.1) is 27.4 Å². The third kappa shape index (κ3) is 3.93. The van der Waals surface area contributed by atoms with Gasteiger partial charge in [0.15, 0.2) is 10.9 Å². The number of para-hydroxylation sites is 1. The summed E-state index contributed by atoms with van der Waals surface area (Å²) in [6.07, 6.45) is 0. The van der Waals surface area contributed by atoms with E-state index in [1.807, 2.05) is 0 Å². The van der Waals surface area contributed by atoms with Gasteiger partial charge in [0, 0.05) is 14.1 Å². The first-order valence-electron chi connectivity index (χ1n) is 9.80. The Bertz CT molecular complexity index is 1660. The molecule has 0 aliphatic rings. The Hall–Kier alpha value is -3.70. The molecular weight excluding hydrogens is 485 g/mol. The lowest BCUT2D eigenvalue weighted by Crippen LogP contribution is -2.41. The van der Waals surface area contributed by atoms with E-state index in [0.717, 1.165) is 27.0 Å². The largest absolute Gasteiger partial charge is 0.384 e. The van der Waals surface area contributed by atoms with Crippen molar-refractivity contribution in [2.45, 2.75) is 5.16 Å². The average molecular weight is 502 g/mol. The van der Waals surface area contributed by atoms with Crippen LogP contribution in [0.4, 0.5) is 10.2 Å². The minimum atomic E-state index is -0.819. The molecule has 0 spiro atoms. The van der Waals surface area contributed by atoms with E-state index < -0.39 is 28.4 Å². The standard InChI is InChI=1S/C22H17ClFN5O4S/c1-27-18(25)17(20(32)28(2)22(27)33)16(30)10-34-21-26-15-6-4-3-5-12(15)19(31)29(21)11-7-8-14(24)13(23)9-11/h3-9H,10,25H2,1-2H3. The maximum atomic E-state index is 13.7. The zero-order chi connectivity index (χ0) is 24.7. The number of carbonyl (C=O) groups excluding carboxylic acids is 1. The molecule has 2 heterocycles. The SMILES string of the molecule is Cn1c(N)c(C(=O)CSc2nc3ccccc3c(=O)n2-c2ccc(F)c(Cl)c2)c(=O)n(C)c1=O. The van der Waals surface area contributed by atoms with E-state index in [2.05, 4.69) is 4.98 Å². The number of hydrogen-bond acceptors (Lipinski definition) is 7. The van der Waals surface area contributed by atoms with Crippen LogP contribution >= 0.6 is 23.4 Å². The van der Waals surface area contributed by atoms with Crippen LogP contribution in [0.15, 0.2) is 62.0 Å². The Balaban J connectivity index is 1.82. The molecule has 0 fully saturated rings. The highest BCUT2D eigenvalue weighted by Crippen LogP contribution is 2.25. The zero-order valence-electron chi connectivity index (χ0n) is 17.9. The van der Waals surface area contributed by atoms with Gasteiger partial charge in [-0.05, 0) is 30.3 Å². The maximum absolute atomic E-state index is 13.7. The maximum Gasteiger partial charge on any atom is 0.332 e. The van der Waals surface area contributed by atoms with Gasteiger partial charge in [-0.25, -0.2) is 14.2 Å². The van der Waals surface area contributed by atoms with Crippen molar-refractivity contribution in [3.8, 4) is 5.69 Å². The summed E-state index contributed by atoms with van der Waals surface area (Å²) in [4.78, 5) is 55.3. The van der Waals surface area contributed by atoms with Crippen molar-refractivity contribution < 1.29 is 9.18 Å². The second-order valence-electron chi connectivity index (χ2n) is 7.33. The lowest BCUT2D eigenvalue weighted by molar-refractivity contribution is 0.102. The van der Waals surface area contributed by atoms with E-state index in [1.165, 1.54) is 30.8 Å². The number of Topliss-reactive ketones (excluding diaryl/α,β-unsaturated/α-hetero) is 1. The third-order valence-electron chi connectivity index (χ3n) is 5.23. The molecule has 0 bridgehead atoms. The molecule has 0 unspecified atom stereocenters. The quantitative estimate of drug-likeness (QED) is 0.252. The van der Waals surface area contributed by atoms with Crippen LogP contribution in [0.5, 0.6) is 0 Å². The van der Waals surface area contributed by atoms with Gasteiger partial charge in [-0.2, -0.15) is 0 Å². The molecule has 34 heavy (non-hydrogen) atoms. The molecular formula is C22H17ClFN5O4S. The van der Waals surface area contributed by atoms with Crippen LogP contribution in [0.2, 0.25) is 5.02 Å². The summed E-state index contributed by atoms with van der Waals surface area (Å²) in [6.45, 7) is 0. The van der Waals surface area contributed by atoms with Crippen LogP contribution in [0.1, 0.15) is 10.4 Å². The van der Waals surface area contributed by atoms with E-state index in [0.29, 0.717) is 10.9 Å². The predicted molar refractivity (Wildman–Crippen MR) is 129 cm³/mol. The van der Waals surface area contributed by atoms with Gasteiger partial charge < -0.3 is 5.73 Å². The molecule has 0 aliphatic carbocycles. The van der Waals surface area contributed by atoms with Crippen molar-refractivity contribution in [3.05, 3.63) is 90.1 Å². The molecule has 4 rings (SSSR count). The molecule has 12 heteroatoms. The fourth-order valence-electron chi connectivity index (χ4n) is 3.39. The fourth-order valence-corrected chi connectivity index (χ4v) is 4.44. The number of thioether (sulfide) groups is 1. The van der Waals surface area contributed by atoms with Crippen molar-refractivity contribution in [3.63, 3.8) is 0 Å². The lowest BCUT2D eigenvalue weighted by Gasteiger charge is -2.14. The Kier molecular flexibility index (Phi) is 6.15. The predicted octanol–water partition coefficient (Wildman–Crippen LogP) is 2.13. The van der Waals surface area contributed by atoms with Crippen molar-refractivity contribution in [1.82, 2.24) is 18.7 Å². The Morgan fingerprint density at radius 1 is 1.09 bits per heavy atom. The molecule has 0 atom stereocenters. The van der Waals surface area contributed by atoms with Crippen molar-refractivity contribution in [2.75, 3.05) is 11.5 Å². The van der Waals surface area contributed by atoms with E-state index in [1.54, 1.807) is 24.3 Å². The molecule has 0 saturated carbocycles. The van der Waals surface area contributed by atoms with Crippen LogP contribution < -0.4 is 22.5 Å². The van der Waals surface area contributed by atoms with Gasteiger partial charge in [-0.15, -0.1) is 0 Å². The molecule has 0 radical (unpaired) electrons. The number of ketones is 1. The van der Waals surface area contributed by atoms with E-state index >= 15 is 0 Å². The number of fused-ring (bicyclic) bond motifs is 1. The first kappa shape index (κ1) is 23.5. The summed E-state index contributed by atoms with van der Waals surface area (Å²) in [5, 5.41) is 0.251. The number of rotatable bonds is 5. The normalized spacial score (nSPS) is 11.2. The fraction of sp³-hybridized carbons (Fsp3) is 0.136. The average Bonchev–Trinajstić information content (AvgIpc) is 2.82. The second kappa shape index (κ2) is 8.92. The summed E-state index contributed by atoms with van der Waals surface area (Å²) in [5.41, 5.74) is 4.26. The van der Waals surface area contributed by atoms with Gasteiger partial charge in [0.25, 0.3) is 11.1 Å². The molecule has 2 N–H and O–H groups in total. The number of halogens is 2. The minimum Gasteiger partial charge on any atom is -0.384 e. The Morgan fingerprint density at radius 3 is 2.50 bits per heavy atom.